The molecule has 0 spiro atoms. The molecule has 0 bridgehead atoms. The number of nitrogens with zero attached hydrogens (tertiary/aromatic N) is 6. The van der Waals surface area contributed by atoms with Crippen LogP contribution in [0.1, 0.15) is 50.2 Å². The first-order valence-corrected chi connectivity index (χ1v) is 13.8. The van der Waals surface area contributed by atoms with Crippen molar-refractivity contribution in [2.75, 3.05) is 33.5 Å². The topological polar surface area (TPSA) is 124 Å². The lowest BCUT2D eigenvalue weighted by molar-refractivity contribution is -0.125. The summed E-state index contributed by atoms with van der Waals surface area (Å²) in [6.45, 7) is 9.57. The monoisotopic (exact) mass is 563 g/mol. The third kappa shape index (κ3) is 6.59. The molecule has 12 nitrogen and oxygen atoms in total. The van der Waals surface area contributed by atoms with Crippen LogP contribution in [0.15, 0.2) is 43.0 Å². The van der Waals surface area contributed by atoms with Gasteiger partial charge in [-0.15, -0.1) is 0 Å². The van der Waals surface area contributed by atoms with Crippen molar-refractivity contribution in [2.45, 2.75) is 52.3 Å². The molecule has 0 saturated carbocycles. The van der Waals surface area contributed by atoms with Crippen LogP contribution in [0.4, 0.5) is 4.79 Å². The Labute approximate surface area is 239 Å². The van der Waals surface area contributed by atoms with Gasteiger partial charge in [-0.05, 0) is 64.4 Å². The van der Waals surface area contributed by atoms with Gasteiger partial charge < -0.3 is 24.4 Å². The standard InChI is InChI=1S/C29H37N7O5/c1-19-14-22(33-27(32-19)36-11-9-31-17-36)25-21(26(37)30-5)8-10-34(25)12-13-35(28(38)41-29(2,3)4)16-20-6-7-23-24(15-20)40-18-39-23/h6-7,9,11,14-15,17,21,25H,8,10,12-13,16,18H2,1-5H3,(H,30,37). The molecule has 4 heterocycles. The average Bonchev–Trinajstić information content (AvgIpc) is 3.69. The molecular weight excluding hydrogens is 526 g/mol. The average molecular weight is 564 g/mol. The predicted octanol–water partition coefficient (Wildman–Crippen LogP) is 3.25. The summed E-state index contributed by atoms with van der Waals surface area (Å²) in [6.07, 6.45) is 5.37. The van der Waals surface area contributed by atoms with Crippen molar-refractivity contribution >= 4 is 12.0 Å². The van der Waals surface area contributed by atoms with Gasteiger partial charge in [0.2, 0.25) is 18.6 Å². The van der Waals surface area contributed by atoms with E-state index in [2.05, 4.69) is 20.2 Å². The number of nitrogens with one attached hydrogen (secondary N) is 1. The normalized spacial score (nSPS) is 18.4. The van der Waals surface area contributed by atoms with E-state index in [1.54, 1.807) is 35.2 Å². The summed E-state index contributed by atoms with van der Waals surface area (Å²) in [6, 6.07) is 7.31. The van der Waals surface area contributed by atoms with E-state index in [1.165, 1.54) is 0 Å². The molecule has 41 heavy (non-hydrogen) atoms. The molecule has 1 N–H and O–H groups in total. The van der Waals surface area contributed by atoms with E-state index in [-0.39, 0.29) is 24.7 Å². The van der Waals surface area contributed by atoms with E-state index >= 15 is 0 Å². The van der Waals surface area contributed by atoms with Gasteiger partial charge in [0.05, 0.1) is 17.7 Å². The zero-order valence-electron chi connectivity index (χ0n) is 24.2. The maximum absolute atomic E-state index is 13.3. The van der Waals surface area contributed by atoms with Crippen molar-refractivity contribution in [3.05, 3.63) is 59.9 Å². The first-order chi connectivity index (χ1) is 19.6. The third-order valence-electron chi connectivity index (χ3n) is 7.10. The molecule has 218 valence electrons. The maximum atomic E-state index is 13.3. The van der Waals surface area contributed by atoms with Gasteiger partial charge in [0.15, 0.2) is 11.5 Å². The fourth-order valence-electron chi connectivity index (χ4n) is 5.25. The third-order valence-corrected chi connectivity index (χ3v) is 7.10. The van der Waals surface area contributed by atoms with Gasteiger partial charge in [0.25, 0.3) is 0 Å². The van der Waals surface area contributed by atoms with Gasteiger partial charge in [0, 0.05) is 44.8 Å². The lowest BCUT2D eigenvalue weighted by Crippen LogP contribution is -2.42. The Hall–Kier alpha value is -4.19. The SMILES string of the molecule is CNC(=O)C1CCN(CCN(Cc2ccc3c(c2)OCO3)C(=O)OC(C)(C)C)C1c1cc(C)nc(-n2ccnc2)n1. The van der Waals surface area contributed by atoms with Crippen LogP contribution in [-0.4, -0.2) is 80.4 Å². The summed E-state index contributed by atoms with van der Waals surface area (Å²) in [5.41, 5.74) is 1.80. The Morgan fingerprint density at radius 3 is 2.71 bits per heavy atom. The molecule has 5 rings (SSSR count). The van der Waals surface area contributed by atoms with Gasteiger partial charge in [-0.3, -0.25) is 14.3 Å². The number of amides is 2. The highest BCUT2D eigenvalue weighted by molar-refractivity contribution is 5.79. The molecular formula is C29H37N7O5. The van der Waals surface area contributed by atoms with Crippen molar-refractivity contribution in [3.8, 4) is 17.4 Å². The Bertz CT molecular complexity index is 1390. The quantitative estimate of drug-likeness (QED) is 0.440. The smallest absolute Gasteiger partial charge is 0.410 e. The molecule has 3 aromatic rings. The van der Waals surface area contributed by atoms with E-state index in [1.807, 2.05) is 52.0 Å². The number of rotatable bonds is 8. The molecule has 1 fully saturated rings. The number of benzene rings is 1. The fourth-order valence-corrected chi connectivity index (χ4v) is 5.25. The Balaban J connectivity index is 1.40. The van der Waals surface area contributed by atoms with Gasteiger partial charge in [0.1, 0.15) is 11.9 Å². The fraction of sp³-hybridized carbons (Fsp3) is 0.483. The molecule has 12 heteroatoms. The lowest BCUT2D eigenvalue weighted by atomic mass is 9.96. The lowest BCUT2D eigenvalue weighted by Gasteiger charge is -2.31. The van der Waals surface area contributed by atoms with Crippen molar-refractivity contribution in [1.82, 2.24) is 34.6 Å². The zero-order valence-corrected chi connectivity index (χ0v) is 24.2. The number of imidazole rings is 1. The molecule has 0 radical (unpaired) electrons. The van der Waals surface area contributed by atoms with E-state index in [0.717, 1.165) is 17.0 Å². The van der Waals surface area contributed by atoms with E-state index in [4.69, 9.17) is 19.2 Å². The second kappa shape index (κ2) is 11.7. The Morgan fingerprint density at radius 2 is 1.98 bits per heavy atom. The number of hydrogen-bond donors (Lipinski definition) is 1. The van der Waals surface area contributed by atoms with E-state index < -0.39 is 11.7 Å². The van der Waals surface area contributed by atoms with Gasteiger partial charge >= 0.3 is 6.09 Å². The largest absolute Gasteiger partial charge is 0.454 e. The van der Waals surface area contributed by atoms with Crippen LogP contribution in [0.5, 0.6) is 11.5 Å². The van der Waals surface area contributed by atoms with Crippen molar-refractivity contribution in [1.29, 1.82) is 0 Å². The van der Waals surface area contributed by atoms with Gasteiger partial charge in [-0.25, -0.2) is 19.7 Å². The Morgan fingerprint density at radius 1 is 1.17 bits per heavy atom. The molecule has 2 atom stereocenters. The highest BCUT2D eigenvalue weighted by atomic mass is 16.7. The zero-order chi connectivity index (χ0) is 29.1. The molecule has 2 aliphatic heterocycles. The number of likely N-dealkylation sites (tertiary alicyclic amines) is 1. The van der Waals surface area contributed by atoms with Crippen LogP contribution in [0.2, 0.25) is 0 Å². The summed E-state index contributed by atoms with van der Waals surface area (Å²) in [4.78, 5) is 43.7. The highest BCUT2D eigenvalue weighted by Gasteiger charge is 2.41. The van der Waals surface area contributed by atoms with Crippen LogP contribution < -0.4 is 14.8 Å². The van der Waals surface area contributed by atoms with Gasteiger partial charge in [-0.1, -0.05) is 6.07 Å². The first kappa shape index (κ1) is 28.3. The van der Waals surface area contributed by atoms with Crippen molar-refractivity contribution in [2.24, 2.45) is 5.92 Å². The molecule has 0 aliphatic carbocycles. The Kier molecular flexibility index (Phi) is 8.11. The number of hydrogen-bond acceptors (Lipinski definition) is 9. The van der Waals surface area contributed by atoms with Crippen LogP contribution >= 0.6 is 0 Å². The number of carbonyl (C=O) groups is 2. The van der Waals surface area contributed by atoms with Crippen LogP contribution in [0, 0.1) is 12.8 Å². The first-order valence-electron chi connectivity index (χ1n) is 13.8. The maximum Gasteiger partial charge on any atom is 0.410 e. The summed E-state index contributed by atoms with van der Waals surface area (Å²) in [5.74, 6) is 1.51. The van der Waals surface area contributed by atoms with Crippen LogP contribution in [0.25, 0.3) is 5.95 Å². The van der Waals surface area contributed by atoms with Crippen molar-refractivity contribution < 1.29 is 23.8 Å². The number of ether oxygens (including phenoxy) is 3. The predicted molar refractivity (Wildman–Crippen MR) is 150 cm³/mol. The second-order valence-corrected chi connectivity index (χ2v) is 11.3. The van der Waals surface area contributed by atoms with E-state index in [9.17, 15) is 9.59 Å². The minimum atomic E-state index is -0.646. The van der Waals surface area contributed by atoms with Gasteiger partial charge in [-0.2, -0.15) is 0 Å². The summed E-state index contributed by atoms with van der Waals surface area (Å²) < 4.78 is 18.5. The molecule has 2 aliphatic rings. The van der Waals surface area contributed by atoms with Crippen molar-refractivity contribution in [3.63, 3.8) is 0 Å². The molecule has 2 aromatic heterocycles. The van der Waals surface area contributed by atoms with E-state index in [0.29, 0.717) is 50.0 Å². The number of carbonyl (C=O) groups excluding carboxylic acids is 2. The summed E-state index contributed by atoms with van der Waals surface area (Å²) in [5, 5.41) is 2.82. The van der Waals surface area contributed by atoms with Crippen LogP contribution in [0.3, 0.4) is 0 Å². The highest BCUT2D eigenvalue weighted by Crippen LogP contribution is 2.37. The number of aromatic nitrogens is 4. The number of aryl methyl sites for hydroxylation is 1. The molecule has 1 saturated heterocycles. The minimum Gasteiger partial charge on any atom is -0.454 e. The molecule has 2 unspecified atom stereocenters. The summed E-state index contributed by atoms with van der Waals surface area (Å²) in [7, 11) is 1.65. The van der Waals surface area contributed by atoms with Crippen LogP contribution in [-0.2, 0) is 16.1 Å². The summed E-state index contributed by atoms with van der Waals surface area (Å²) >= 11 is 0. The second-order valence-electron chi connectivity index (χ2n) is 11.3. The minimum absolute atomic E-state index is 0.0395. The number of fused-ring (bicyclic) bond motifs is 1. The molecule has 2 amide bonds. The molecule has 1 aromatic carbocycles.